The summed E-state index contributed by atoms with van der Waals surface area (Å²) in [6, 6.07) is 0. The van der Waals surface area contributed by atoms with Gasteiger partial charge >= 0.3 is 0 Å². The molecule has 0 bridgehead atoms. The molecule has 2 heteroatoms. The van der Waals surface area contributed by atoms with E-state index in [-0.39, 0.29) is 5.78 Å². The fraction of sp³-hybridized carbons (Fsp3) is 0.706. The Bertz CT molecular complexity index is 330. The van der Waals surface area contributed by atoms with Gasteiger partial charge in [-0.2, -0.15) is 0 Å². The molecule has 0 saturated heterocycles. The second kappa shape index (κ2) is 8.19. The van der Waals surface area contributed by atoms with Crippen molar-refractivity contribution in [2.75, 3.05) is 6.61 Å². The van der Waals surface area contributed by atoms with Crippen LogP contribution in [-0.2, 0) is 9.53 Å². The molecule has 0 aliphatic heterocycles. The van der Waals surface area contributed by atoms with Crippen molar-refractivity contribution in [3.63, 3.8) is 0 Å². The number of hydrogen-bond acceptors (Lipinski definition) is 2. The van der Waals surface area contributed by atoms with E-state index in [1.165, 1.54) is 31.3 Å². The minimum absolute atomic E-state index is 0.0586. The molecule has 1 aliphatic rings. The monoisotopic (exact) mass is 264 g/mol. The number of ketones is 1. The van der Waals surface area contributed by atoms with E-state index < -0.39 is 0 Å². The Balaban J connectivity index is 2.15. The van der Waals surface area contributed by atoms with E-state index in [1.807, 2.05) is 6.92 Å². The van der Waals surface area contributed by atoms with Gasteiger partial charge in [-0.3, -0.25) is 4.79 Å². The molecule has 0 aromatic heterocycles. The fourth-order valence-corrected chi connectivity index (χ4v) is 3.05. The van der Waals surface area contributed by atoms with E-state index in [0.717, 1.165) is 24.7 Å². The molecule has 0 heterocycles. The summed E-state index contributed by atoms with van der Waals surface area (Å²) in [5.41, 5.74) is 1.41. The standard InChI is InChI=1S/C17H28O2/c1-5-19-15(4)17(18)9-7-6-8-16-11-13(2)10-14(3)12-16/h14,16H,2,4-12H2,1,3H3. The minimum Gasteiger partial charge on any atom is -0.491 e. The molecule has 0 N–H and O–H groups in total. The van der Waals surface area contributed by atoms with Gasteiger partial charge < -0.3 is 4.74 Å². The lowest BCUT2D eigenvalue weighted by Gasteiger charge is -2.28. The van der Waals surface area contributed by atoms with Crippen molar-refractivity contribution in [3.8, 4) is 0 Å². The van der Waals surface area contributed by atoms with Crippen LogP contribution in [0, 0.1) is 11.8 Å². The molecule has 2 unspecified atom stereocenters. The van der Waals surface area contributed by atoms with Crippen molar-refractivity contribution in [1.82, 2.24) is 0 Å². The van der Waals surface area contributed by atoms with Gasteiger partial charge in [0.1, 0.15) is 0 Å². The number of ether oxygens (including phenoxy) is 1. The van der Waals surface area contributed by atoms with Gasteiger partial charge in [0, 0.05) is 6.42 Å². The number of Topliss-reactive ketones (excluding diaryl/α,β-unsaturated/α-hetero) is 1. The first-order chi connectivity index (χ1) is 9.02. The predicted octanol–water partition coefficient (Wildman–Crippen LogP) is 4.66. The molecule has 0 aromatic rings. The molecule has 0 spiro atoms. The Labute approximate surface area is 117 Å². The first-order valence-corrected chi connectivity index (χ1v) is 7.54. The number of hydrogen-bond donors (Lipinski definition) is 0. The van der Waals surface area contributed by atoms with Crippen LogP contribution in [0.3, 0.4) is 0 Å². The van der Waals surface area contributed by atoms with Gasteiger partial charge in [-0.05, 0) is 44.4 Å². The lowest BCUT2D eigenvalue weighted by molar-refractivity contribution is -0.118. The van der Waals surface area contributed by atoms with Crippen LogP contribution in [0.5, 0.6) is 0 Å². The first-order valence-electron chi connectivity index (χ1n) is 7.54. The molecule has 0 amide bonds. The van der Waals surface area contributed by atoms with Crippen LogP contribution in [0.4, 0.5) is 0 Å². The highest BCUT2D eigenvalue weighted by atomic mass is 16.5. The van der Waals surface area contributed by atoms with Crippen molar-refractivity contribution in [1.29, 1.82) is 0 Å². The average molecular weight is 264 g/mol. The predicted molar refractivity (Wildman–Crippen MR) is 79.9 cm³/mol. The highest BCUT2D eigenvalue weighted by molar-refractivity contribution is 5.92. The largest absolute Gasteiger partial charge is 0.491 e. The first kappa shape index (κ1) is 16.0. The maximum absolute atomic E-state index is 11.6. The number of rotatable bonds is 8. The Kier molecular flexibility index (Phi) is 6.90. The van der Waals surface area contributed by atoms with Crippen molar-refractivity contribution in [2.24, 2.45) is 11.8 Å². The van der Waals surface area contributed by atoms with Crippen LogP contribution < -0.4 is 0 Å². The topological polar surface area (TPSA) is 26.3 Å². The summed E-state index contributed by atoms with van der Waals surface area (Å²) >= 11 is 0. The summed E-state index contributed by atoms with van der Waals surface area (Å²) in [4.78, 5) is 11.6. The summed E-state index contributed by atoms with van der Waals surface area (Å²) in [7, 11) is 0. The van der Waals surface area contributed by atoms with E-state index in [1.54, 1.807) is 0 Å². The smallest absolute Gasteiger partial charge is 0.196 e. The third-order valence-electron chi connectivity index (χ3n) is 3.85. The highest BCUT2D eigenvalue weighted by Gasteiger charge is 2.20. The number of carbonyl (C=O) groups is 1. The average Bonchev–Trinajstić information content (AvgIpc) is 2.33. The van der Waals surface area contributed by atoms with Crippen molar-refractivity contribution < 1.29 is 9.53 Å². The zero-order chi connectivity index (χ0) is 14.3. The maximum atomic E-state index is 11.6. The Hall–Kier alpha value is -1.05. The lowest BCUT2D eigenvalue weighted by atomic mass is 9.78. The summed E-state index contributed by atoms with van der Waals surface area (Å²) in [6.07, 6.45) is 7.56. The van der Waals surface area contributed by atoms with Crippen LogP contribution in [0.2, 0.25) is 0 Å². The second-order valence-electron chi connectivity index (χ2n) is 5.89. The van der Waals surface area contributed by atoms with Gasteiger partial charge in [0.15, 0.2) is 11.5 Å². The molecule has 0 aromatic carbocycles. The zero-order valence-corrected chi connectivity index (χ0v) is 12.5. The van der Waals surface area contributed by atoms with Crippen LogP contribution in [-0.4, -0.2) is 12.4 Å². The van der Waals surface area contributed by atoms with Gasteiger partial charge in [0.05, 0.1) is 6.61 Å². The van der Waals surface area contributed by atoms with Gasteiger partial charge in [0.25, 0.3) is 0 Å². The quantitative estimate of drug-likeness (QED) is 0.276. The molecule has 1 rings (SSSR count). The third-order valence-corrected chi connectivity index (χ3v) is 3.85. The van der Waals surface area contributed by atoms with E-state index >= 15 is 0 Å². The normalized spacial score (nSPS) is 23.2. The van der Waals surface area contributed by atoms with Crippen LogP contribution >= 0.6 is 0 Å². The minimum atomic E-state index is 0.0586. The van der Waals surface area contributed by atoms with E-state index in [9.17, 15) is 4.79 Å². The molecule has 2 atom stereocenters. The Morgan fingerprint density at radius 3 is 2.74 bits per heavy atom. The van der Waals surface area contributed by atoms with Crippen LogP contribution in [0.25, 0.3) is 0 Å². The zero-order valence-electron chi connectivity index (χ0n) is 12.5. The Morgan fingerprint density at radius 2 is 2.11 bits per heavy atom. The van der Waals surface area contributed by atoms with Crippen LogP contribution in [0.15, 0.2) is 24.5 Å². The third kappa shape index (κ3) is 6.09. The highest BCUT2D eigenvalue weighted by Crippen LogP contribution is 2.34. The SMILES string of the molecule is C=C1CC(C)CC(CCCCC(=O)C(=C)OCC)C1. The summed E-state index contributed by atoms with van der Waals surface area (Å²) in [5, 5.41) is 0. The molecule has 1 fully saturated rings. The molecule has 1 saturated carbocycles. The number of carbonyl (C=O) groups excluding carboxylic acids is 1. The number of allylic oxidation sites excluding steroid dienone is 2. The van der Waals surface area contributed by atoms with E-state index in [0.29, 0.717) is 18.8 Å². The maximum Gasteiger partial charge on any atom is 0.196 e. The lowest BCUT2D eigenvalue weighted by Crippen LogP contribution is -2.15. The van der Waals surface area contributed by atoms with E-state index in [2.05, 4.69) is 20.1 Å². The Morgan fingerprint density at radius 1 is 1.37 bits per heavy atom. The van der Waals surface area contributed by atoms with Gasteiger partial charge in [-0.25, -0.2) is 0 Å². The molecule has 1 aliphatic carbocycles. The molecule has 2 nitrogen and oxygen atoms in total. The molecular weight excluding hydrogens is 236 g/mol. The van der Waals surface area contributed by atoms with Crippen molar-refractivity contribution >= 4 is 5.78 Å². The summed E-state index contributed by atoms with van der Waals surface area (Å²) < 4.78 is 5.12. The van der Waals surface area contributed by atoms with Crippen molar-refractivity contribution in [3.05, 3.63) is 24.5 Å². The van der Waals surface area contributed by atoms with Gasteiger partial charge in [-0.1, -0.05) is 38.5 Å². The van der Waals surface area contributed by atoms with E-state index in [4.69, 9.17) is 4.74 Å². The van der Waals surface area contributed by atoms with Gasteiger partial charge in [-0.15, -0.1) is 0 Å². The second-order valence-corrected chi connectivity index (χ2v) is 5.89. The molecule has 0 radical (unpaired) electrons. The van der Waals surface area contributed by atoms with Crippen LogP contribution in [0.1, 0.15) is 58.8 Å². The molecular formula is C17H28O2. The summed E-state index contributed by atoms with van der Waals surface area (Å²) in [6.45, 7) is 12.5. The van der Waals surface area contributed by atoms with Crippen molar-refractivity contribution in [2.45, 2.75) is 58.8 Å². The fourth-order valence-electron chi connectivity index (χ4n) is 3.05. The van der Waals surface area contributed by atoms with Gasteiger partial charge in [0.2, 0.25) is 0 Å². The summed E-state index contributed by atoms with van der Waals surface area (Å²) in [5.74, 6) is 1.94. The molecule has 108 valence electrons. The molecule has 19 heavy (non-hydrogen) atoms. The number of unbranched alkanes of at least 4 members (excludes halogenated alkanes) is 1.